The van der Waals surface area contributed by atoms with Gasteiger partial charge in [-0.15, -0.1) is 12.4 Å². The van der Waals surface area contributed by atoms with E-state index in [1.807, 2.05) is 4.90 Å². The van der Waals surface area contributed by atoms with E-state index in [1.54, 1.807) is 17.1 Å². The summed E-state index contributed by atoms with van der Waals surface area (Å²) in [5.74, 6) is 0.558. The monoisotopic (exact) mass is 336 g/mol. The summed E-state index contributed by atoms with van der Waals surface area (Å²) in [6.45, 7) is 3.81. The smallest absolute Gasteiger partial charge is 0.244 e. The van der Waals surface area contributed by atoms with Gasteiger partial charge in [0.25, 0.3) is 0 Å². The molecule has 1 aromatic rings. The number of nitrogens with zero attached hydrogens (tertiary/aromatic N) is 3. The van der Waals surface area contributed by atoms with Crippen LogP contribution in [0.3, 0.4) is 0 Å². The van der Waals surface area contributed by atoms with Crippen LogP contribution >= 0.6 is 28.3 Å². The molecule has 0 saturated carbocycles. The molecule has 1 fully saturated rings. The Hall–Kier alpha value is -0.590. The van der Waals surface area contributed by atoms with E-state index in [1.165, 1.54) is 0 Å². The highest BCUT2D eigenvalue weighted by molar-refractivity contribution is 9.10. The van der Waals surface area contributed by atoms with Crippen LogP contribution < -0.4 is 5.73 Å². The maximum Gasteiger partial charge on any atom is 0.244 e. The molecule has 1 saturated heterocycles. The van der Waals surface area contributed by atoms with Gasteiger partial charge in [-0.05, 0) is 41.7 Å². The number of carbonyl (C=O) groups excluding carboxylic acids is 1. The summed E-state index contributed by atoms with van der Waals surface area (Å²) < 4.78 is 2.54. The lowest BCUT2D eigenvalue weighted by molar-refractivity contribution is -0.132. The Morgan fingerprint density at radius 1 is 1.67 bits per heavy atom. The van der Waals surface area contributed by atoms with Crippen LogP contribution in [0.1, 0.15) is 13.3 Å². The maximum atomic E-state index is 12.1. The highest BCUT2D eigenvalue weighted by Crippen LogP contribution is 2.22. The normalized spacial score (nSPS) is 22.9. The SMILES string of the molecule is CC1CC(CN)CN1C(=O)Cn1cc(Br)cn1.Cl. The van der Waals surface area contributed by atoms with Crippen molar-refractivity contribution in [3.05, 3.63) is 16.9 Å². The van der Waals surface area contributed by atoms with Crippen LogP contribution in [0.15, 0.2) is 16.9 Å². The fraction of sp³-hybridized carbons (Fsp3) is 0.636. The number of amides is 1. The molecule has 0 spiro atoms. The van der Waals surface area contributed by atoms with E-state index in [4.69, 9.17) is 5.73 Å². The van der Waals surface area contributed by atoms with Crippen molar-refractivity contribution < 1.29 is 4.79 Å². The number of carbonyl (C=O) groups is 1. The van der Waals surface area contributed by atoms with Gasteiger partial charge in [0.05, 0.1) is 10.7 Å². The molecule has 1 aliphatic heterocycles. The molecule has 2 rings (SSSR count). The molecule has 2 heterocycles. The van der Waals surface area contributed by atoms with E-state index in [2.05, 4.69) is 28.0 Å². The van der Waals surface area contributed by atoms with Crippen LogP contribution in [0.2, 0.25) is 0 Å². The van der Waals surface area contributed by atoms with E-state index < -0.39 is 0 Å². The van der Waals surface area contributed by atoms with E-state index in [9.17, 15) is 4.79 Å². The number of rotatable bonds is 3. The zero-order chi connectivity index (χ0) is 12.4. The standard InChI is InChI=1S/C11H17BrN4O.ClH/c1-8-2-9(3-13)5-16(8)11(17)7-15-6-10(12)4-14-15;/h4,6,8-9H,2-3,5,7,13H2,1H3;1H. The average molecular weight is 338 g/mol. The van der Waals surface area contributed by atoms with Gasteiger partial charge in [0.15, 0.2) is 0 Å². The molecule has 18 heavy (non-hydrogen) atoms. The number of halogens is 2. The van der Waals surface area contributed by atoms with Crippen molar-refractivity contribution in [1.29, 1.82) is 0 Å². The highest BCUT2D eigenvalue weighted by Gasteiger charge is 2.31. The third-order valence-electron chi connectivity index (χ3n) is 3.21. The van der Waals surface area contributed by atoms with E-state index in [-0.39, 0.29) is 24.4 Å². The van der Waals surface area contributed by atoms with E-state index >= 15 is 0 Å². The average Bonchev–Trinajstić information content (AvgIpc) is 2.85. The quantitative estimate of drug-likeness (QED) is 0.903. The van der Waals surface area contributed by atoms with Crippen molar-refractivity contribution in [1.82, 2.24) is 14.7 Å². The van der Waals surface area contributed by atoms with Gasteiger partial charge >= 0.3 is 0 Å². The van der Waals surface area contributed by atoms with E-state index in [0.717, 1.165) is 17.4 Å². The number of aromatic nitrogens is 2. The molecule has 0 aromatic carbocycles. The van der Waals surface area contributed by atoms with Gasteiger partial charge < -0.3 is 10.6 Å². The number of nitrogens with two attached hydrogens (primary N) is 1. The predicted molar refractivity (Wildman–Crippen MR) is 75.5 cm³/mol. The molecular weight excluding hydrogens is 320 g/mol. The van der Waals surface area contributed by atoms with Gasteiger partial charge in [0.1, 0.15) is 6.54 Å². The van der Waals surface area contributed by atoms with Crippen molar-refractivity contribution in [2.45, 2.75) is 25.9 Å². The van der Waals surface area contributed by atoms with Crippen LogP contribution in [0.5, 0.6) is 0 Å². The molecule has 5 nitrogen and oxygen atoms in total. The molecule has 2 atom stereocenters. The first-order chi connectivity index (χ1) is 8.10. The van der Waals surface area contributed by atoms with Crippen LogP contribution in [-0.2, 0) is 11.3 Å². The van der Waals surface area contributed by atoms with Crippen LogP contribution in [0.25, 0.3) is 0 Å². The minimum absolute atomic E-state index is 0. The Labute approximate surface area is 121 Å². The van der Waals surface area contributed by atoms with Gasteiger partial charge in [-0.2, -0.15) is 5.10 Å². The summed E-state index contributed by atoms with van der Waals surface area (Å²) >= 11 is 3.31. The summed E-state index contributed by atoms with van der Waals surface area (Å²) in [6, 6.07) is 0.287. The number of likely N-dealkylation sites (tertiary alicyclic amines) is 1. The predicted octanol–water partition coefficient (Wildman–Crippen LogP) is 1.26. The lowest BCUT2D eigenvalue weighted by Crippen LogP contribution is -2.36. The van der Waals surface area contributed by atoms with E-state index in [0.29, 0.717) is 19.0 Å². The summed E-state index contributed by atoms with van der Waals surface area (Å²) in [5, 5.41) is 4.09. The van der Waals surface area contributed by atoms with Gasteiger partial charge in [0, 0.05) is 18.8 Å². The van der Waals surface area contributed by atoms with Crippen molar-refractivity contribution in [2.24, 2.45) is 11.7 Å². The molecule has 1 aliphatic rings. The Kier molecular flexibility index (Phi) is 5.62. The summed E-state index contributed by atoms with van der Waals surface area (Å²) in [6.07, 6.45) is 4.49. The Morgan fingerprint density at radius 3 is 2.89 bits per heavy atom. The Balaban J connectivity index is 0.00000162. The second-order valence-corrected chi connectivity index (χ2v) is 5.50. The first kappa shape index (κ1) is 15.5. The molecule has 0 radical (unpaired) electrons. The number of hydrogen-bond donors (Lipinski definition) is 1. The zero-order valence-electron chi connectivity index (χ0n) is 10.3. The Bertz CT molecular complexity index is 412. The fourth-order valence-corrected chi connectivity index (χ4v) is 2.64. The third-order valence-corrected chi connectivity index (χ3v) is 3.62. The summed E-state index contributed by atoms with van der Waals surface area (Å²) in [4.78, 5) is 14.0. The number of hydrogen-bond acceptors (Lipinski definition) is 3. The lowest BCUT2D eigenvalue weighted by Gasteiger charge is -2.21. The fourth-order valence-electron chi connectivity index (χ4n) is 2.31. The molecule has 7 heteroatoms. The van der Waals surface area contributed by atoms with Crippen molar-refractivity contribution in [3.63, 3.8) is 0 Å². The molecule has 102 valence electrons. The largest absolute Gasteiger partial charge is 0.338 e. The summed E-state index contributed by atoms with van der Waals surface area (Å²) in [5.41, 5.74) is 5.65. The molecule has 2 unspecified atom stereocenters. The zero-order valence-corrected chi connectivity index (χ0v) is 12.7. The molecule has 0 bridgehead atoms. The molecule has 0 aliphatic carbocycles. The van der Waals surface area contributed by atoms with Gasteiger partial charge in [-0.3, -0.25) is 9.48 Å². The van der Waals surface area contributed by atoms with Crippen molar-refractivity contribution >= 4 is 34.2 Å². The van der Waals surface area contributed by atoms with Crippen molar-refractivity contribution in [3.8, 4) is 0 Å². The van der Waals surface area contributed by atoms with Gasteiger partial charge in [-0.25, -0.2) is 0 Å². The summed E-state index contributed by atoms with van der Waals surface area (Å²) in [7, 11) is 0. The third kappa shape index (κ3) is 3.46. The van der Waals surface area contributed by atoms with Crippen molar-refractivity contribution in [2.75, 3.05) is 13.1 Å². The minimum Gasteiger partial charge on any atom is -0.338 e. The van der Waals surface area contributed by atoms with Crippen LogP contribution in [-0.4, -0.2) is 39.7 Å². The second kappa shape index (κ2) is 6.54. The van der Waals surface area contributed by atoms with Crippen LogP contribution in [0.4, 0.5) is 0 Å². The van der Waals surface area contributed by atoms with Crippen LogP contribution in [0, 0.1) is 5.92 Å². The highest BCUT2D eigenvalue weighted by atomic mass is 79.9. The van der Waals surface area contributed by atoms with Gasteiger partial charge in [0.2, 0.25) is 5.91 Å². The first-order valence-electron chi connectivity index (χ1n) is 5.77. The molecule has 1 amide bonds. The van der Waals surface area contributed by atoms with Gasteiger partial charge in [-0.1, -0.05) is 0 Å². The Morgan fingerprint density at radius 2 is 2.39 bits per heavy atom. The topological polar surface area (TPSA) is 64.2 Å². The first-order valence-corrected chi connectivity index (χ1v) is 6.57. The molecular formula is C11H18BrClN4O. The second-order valence-electron chi connectivity index (χ2n) is 4.59. The molecule has 1 aromatic heterocycles. The lowest BCUT2D eigenvalue weighted by atomic mass is 10.1. The molecule has 2 N–H and O–H groups in total. The minimum atomic E-state index is 0. The maximum absolute atomic E-state index is 12.1.